The zero-order valence-corrected chi connectivity index (χ0v) is 9.93. The molecule has 6 nitrogen and oxygen atoms in total. The van der Waals surface area contributed by atoms with Crippen molar-refractivity contribution in [2.75, 3.05) is 24.2 Å². The van der Waals surface area contributed by atoms with Gasteiger partial charge in [0.25, 0.3) is 0 Å². The second-order valence-electron chi connectivity index (χ2n) is 3.77. The summed E-state index contributed by atoms with van der Waals surface area (Å²) in [6.07, 6.45) is 0.120. The van der Waals surface area contributed by atoms with Crippen LogP contribution in [-0.2, 0) is 0 Å². The standard InChI is InChI=1S/C11H17N3O3/c1-8(15)6-7-13-10-5-3-4-9(12-2)11(10)14(16)17/h3-5,8,12-13,15H,6-7H2,1-2H3. The molecule has 1 unspecified atom stereocenters. The number of nitro benzene ring substituents is 1. The van der Waals surface area contributed by atoms with Crippen LogP contribution in [0.15, 0.2) is 18.2 Å². The summed E-state index contributed by atoms with van der Waals surface area (Å²) in [5.41, 5.74) is 0.958. The number of aliphatic hydroxyl groups is 1. The molecule has 0 spiro atoms. The quantitative estimate of drug-likeness (QED) is 0.520. The van der Waals surface area contributed by atoms with Gasteiger partial charge in [0.2, 0.25) is 0 Å². The van der Waals surface area contributed by atoms with Crippen LogP contribution in [0.5, 0.6) is 0 Å². The lowest BCUT2D eigenvalue weighted by atomic mass is 10.2. The lowest BCUT2D eigenvalue weighted by Gasteiger charge is -2.10. The zero-order chi connectivity index (χ0) is 12.8. The van der Waals surface area contributed by atoms with Gasteiger partial charge in [0.15, 0.2) is 0 Å². The predicted molar refractivity (Wildman–Crippen MR) is 67.4 cm³/mol. The van der Waals surface area contributed by atoms with Crippen LogP contribution >= 0.6 is 0 Å². The normalized spacial score (nSPS) is 11.9. The summed E-state index contributed by atoms with van der Waals surface area (Å²) in [7, 11) is 1.64. The summed E-state index contributed by atoms with van der Waals surface area (Å²) in [6, 6.07) is 5.04. The van der Waals surface area contributed by atoms with Crippen molar-refractivity contribution in [1.82, 2.24) is 0 Å². The molecule has 1 aromatic carbocycles. The molecule has 0 saturated carbocycles. The van der Waals surface area contributed by atoms with Gasteiger partial charge in [-0.1, -0.05) is 6.07 Å². The van der Waals surface area contributed by atoms with E-state index in [4.69, 9.17) is 5.11 Å². The van der Waals surface area contributed by atoms with Crippen LogP contribution in [0.2, 0.25) is 0 Å². The van der Waals surface area contributed by atoms with Gasteiger partial charge >= 0.3 is 5.69 Å². The molecule has 17 heavy (non-hydrogen) atoms. The van der Waals surface area contributed by atoms with E-state index in [1.54, 1.807) is 32.2 Å². The van der Waals surface area contributed by atoms with Crippen molar-refractivity contribution in [2.24, 2.45) is 0 Å². The van der Waals surface area contributed by atoms with Crippen molar-refractivity contribution in [2.45, 2.75) is 19.4 Å². The third-order valence-corrected chi connectivity index (χ3v) is 2.37. The number of hydrogen-bond acceptors (Lipinski definition) is 5. The number of nitro groups is 1. The Morgan fingerprint density at radius 3 is 2.65 bits per heavy atom. The molecule has 0 aliphatic carbocycles. The number of aliphatic hydroxyl groups excluding tert-OH is 1. The summed E-state index contributed by atoms with van der Waals surface area (Å²) < 4.78 is 0. The molecule has 0 saturated heterocycles. The monoisotopic (exact) mass is 239 g/mol. The average Bonchev–Trinajstić information content (AvgIpc) is 2.27. The van der Waals surface area contributed by atoms with Crippen LogP contribution in [0.3, 0.4) is 0 Å². The molecule has 6 heteroatoms. The van der Waals surface area contributed by atoms with Gasteiger partial charge in [0.1, 0.15) is 11.4 Å². The molecular formula is C11H17N3O3. The van der Waals surface area contributed by atoms with E-state index in [1.807, 2.05) is 0 Å². The van der Waals surface area contributed by atoms with Gasteiger partial charge in [-0.2, -0.15) is 0 Å². The van der Waals surface area contributed by atoms with E-state index < -0.39 is 11.0 Å². The Labute approximate surface area is 99.8 Å². The number of hydrogen-bond donors (Lipinski definition) is 3. The Kier molecular flexibility index (Phi) is 4.71. The van der Waals surface area contributed by atoms with E-state index in [2.05, 4.69) is 10.6 Å². The molecule has 0 aromatic heterocycles. The van der Waals surface area contributed by atoms with E-state index >= 15 is 0 Å². The first-order valence-electron chi connectivity index (χ1n) is 5.43. The van der Waals surface area contributed by atoms with Crippen molar-refractivity contribution in [3.05, 3.63) is 28.3 Å². The Morgan fingerprint density at radius 1 is 1.47 bits per heavy atom. The summed E-state index contributed by atoms with van der Waals surface area (Å²) in [5.74, 6) is 0. The number of anilines is 2. The first-order chi connectivity index (χ1) is 8.06. The molecule has 1 atom stereocenters. The van der Waals surface area contributed by atoms with Crippen molar-refractivity contribution in [1.29, 1.82) is 0 Å². The molecule has 0 amide bonds. The van der Waals surface area contributed by atoms with Gasteiger partial charge in [0.05, 0.1) is 11.0 Å². The molecule has 0 aliphatic heterocycles. The van der Waals surface area contributed by atoms with Gasteiger partial charge in [-0.15, -0.1) is 0 Å². The molecule has 0 radical (unpaired) electrons. The molecule has 0 fully saturated rings. The number of rotatable bonds is 6. The first kappa shape index (κ1) is 13.2. The molecule has 94 valence electrons. The van der Waals surface area contributed by atoms with Crippen LogP contribution in [-0.4, -0.2) is 29.7 Å². The Bertz CT molecular complexity index is 394. The van der Waals surface area contributed by atoms with Crippen LogP contribution < -0.4 is 10.6 Å². The van der Waals surface area contributed by atoms with Crippen molar-refractivity contribution >= 4 is 17.1 Å². The van der Waals surface area contributed by atoms with Gasteiger partial charge in [-0.25, -0.2) is 0 Å². The number of nitrogens with zero attached hydrogens (tertiary/aromatic N) is 1. The van der Waals surface area contributed by atoms with Crippen LogP contribution in [0.1, 0.15) is 13.3 Å². The minimum atomic E-state index is -0.422. The minimum Gasteiger partial charge on any atom is -0.393 e. The van der Waals surface area contributed by atoms with E-state index in [-0.39, 0.29) is 5.69 Å². The van der Waals surface area contributed by atoms with E-state index in [9.17, 15) is 10.1 Å². The topological polar surface area (TPSA) is 87.4 Å². The zero-order valence-electron chi connectivity index (χ0n) is 9.93. The molecule has 0 aliphatic rings. The molecule has 3 N–H and O–H groups in total. The predicted octanol–water partition coefficient (Wildman–Crippen LogP) is 1.82. The number of benzene rings is 1. The van der Waals surface area contributed by atoms with Crippen LogP contribution in [0.25, 0.3) is 0 Å². The maximum Gasteiger partial charge on any atom is 0.315 e. The summed E-state index contributed by atoms with van der Waals surface area (Å²) in [4.78, 5) is 10.6. The highest BCUT2D eigenvalue weighted by atomic mass is 16.6. The number of nitrogens with one attached hydrogen (secondary N) is 2. The van der Waals surface area contributed by atoms with E-state index in [0.29, 0.717) is 24.3 Å². The summed E-state index contributed by atoms with van der Waals surface area (Å²) >= 11 is 0. The Morgan fingerprint density at radius 2 is 2.12 bits per heavy atom. The fourth-order valence-corrected chi connectivity index (χ4v) is 1.50. The fourth-order valence-electron chi connectivity index (χ4n) is 1.50. The first-order valence-corrected chi connectivity index (χ1v) is 5.43. The highest BCUT2D eigenvalue weighted by Crippen LogP contribution is 2.32. The van der Waals surface area contributed by atoms with E-state index in [0.717, 1.165) is 0 Å². The second-order valence-corrected chi connectivity index (χ2v) is 3.77. The maximum absolute atomic E-state index is 11.0. The lowest BCUT2D eigenvalue weighted by molar-refractivity contribution is -0.383. The molecule has 1 aromatic rings. The van der Waals surface area contributed by atoms with Crippen molar-refractivity contribution < 1.29 is 10.0 Å². The SMILES string of the molecule is CNc1cccc(NCCC(C)O)c1[N+](=O)[O-]. The van der Waals surface area contributed by atoms with Gasteiger partial charge in [-0.05, 0) is 25.5 Å². The number of para-hydroxylation sites is 1. The maximum atomic E-state index is 11.0. The highest BCUT2D eigenvalue weighted by Gasteiger charge is 2.18. The smallest absolute Gasteiger partial charge is 0.315 e. The van der Waals surface area contributed by atoms with Crippen LogP contribution in [0.4, 0.5) is 17.1 Å². The molecular weight excluding hydrogens is 222 g/mol. The molecule has 1 rings (SSSR count). The Balaban J connectivity index is 2.87. The molecule has 0 heterocycles. The van der Waals surface area contributed by atoms with E-state index in [1.165, 1.54) is 0 Å². The lowest BCUT2D eigenvalue weighted by Crippen LogP contribution is -2.11. The van der Waals surface area contributed by atoms with Crippen molar-refractivity contribution in [3.63, 3.8) is 0 Å². The van der Waals surface area contributed by atoms with Gasteiger partial charge < -0.3 is 15.7 Å². The largest absolute Gasteiger partial charge is 0.393 e. The third-order valence-electron chi connectivity index (χ3n) is 2.37. The molecule has 0 bridgehead atoms. The van der Waals surface area contributed by atoms with Crippen molar-refractivity contribution in [3.8, 4) is 0 Å². The fraction of sp³-hybridized carbons (Fsp3) is 0.455. The van der Waals surface area contributed by atoms with Gasteiger partial charge in [-0.3, -0.25) is 10.1 Å². The van der Waals surface area contributed by atoms with Gasteiger partial charge in [0, 0.05) is 13.6 Å². The minimum absolute atomic E-state index is 0.0283. The third kappa shape index (κ3) is 3.60. The summed E-state index contributed by atoms with van der Waals surface area (Å²) in [6.45, 7) is 2.17. The summed E-state index contributed by atoms with van der Waals surface area (Å²) in [5, 5.41) is 25.8. The Hall–Kier alpha value is -1.82. The second kappa shape index (κ2) is 6.05. The highest BCUT2D eigenvalue weighted by molar-refractivity contribution is 5.75. The average molecular weight is 239 g/mol. The van der Waals surface area contributed by atoms with Crippen LogP contribution in [0, 0.1) is 10.1 Å².